The summed E-state index contributed by atoms with van der Waals surface area (Å²) in [4.78, 5) is 4.23. The fourth-order valence-corrected chi connectivity index (χ4v) is 3.18. The SMILES string of the molecule is Fc1ccc(C2CC(c3ccc(OC(F)F)cc3)Nc3ncnn32)cc1. The summed E-state index contributed by atoms with van der Waals surface area (Å²) in [6, 6.07) is 12.6. The number of fused-ring (bicyclic) bond motifs is 1. The third-order valence-corrected chi connectivity index (χ3v) is 4.39. The Morgan fingerprint density at radius 2 is 1.73 bits per heavy atom. The third kappa shape index (κ3) is 3.22. The van der Waals surface area contributed by atoms with Crippen LogP contribution in [0.15, 0.2) is 54.9 Å². The first-order valence-electron chi connectivity index (χ1n) is 8.06. The molecule has 2 atom stereocenters. The molecule has 134 valence electrons. The molecule has 1 N–H and O–H groups in total. The monoisotopic (exact) mass is 360 g/mol. The minimum atomic E-state index is -2.85. The van der Waals surface area contributed by atoms with Gasteiger partial charge in [-0.15, -0.1) is 0 Å². The highest BCUT2D eigenvalue weighted by Gasteiger charge is 2.29. The Labute approximate surface area is 147 Å². The normalized spacial score (nSPS) is 19.1. The summed E-state index contributed by atoms with van der Waals surface area (Å²) in [5, 5.41) is 7.55. The minimum absolute atomic E-state index is 0.0950. The van der Waals surface area contributed by atoms with E-state index in [-0.39, 0.29) is 23.7 Å². The van der Waals surface area contributed by atoms with Crippen molar-refractivity contribution in [1.82, 2.24) is 14.8 Å². The molecule has 2 aromatic carbocycles. The van der Waals surface area contributed by atoms with E-state index >= 15 is 0 Å². The van der Waals surface area contributed by atoms with Crippen molar-refractivity contribution >= 4 is 5.95 Å². The number of nitrogens with one attached hydrogen (secondary N) is 1. The molecule has 4 rings (SSSR count). The summed E-state index contributed by atoms with van der Waals surface area (Å²) in [6.45, 7) is -2.85. The standard InChI is InChI=1S/C18H15F3N4O/c19-13-5-1-12(2-6-13)16-9-15(24-18-22-10-23-25(16)18)11-3-7-14(8-4-11)26-17(20)21/h1-8,10,15-17H,9H2,(H,22,23,24). The van der Waals surface area contributed by atoms with Crippen molar-refractivity contribution in [3.05, 3.63) is 71.8 Å². The molecule has 1 aliphatic heterocycles. The summed E-state index contributed by atoms with van der Waals surface area (Å²) in [6.07, 6.45) is 2.11. The molecule has 5 nitrogen and oxygen atoms in total. The van der Waals surface area contributed by atoms with E-state index < -0.39 is 6.61 Å². The van der Waals surface area contributed by atoms with Crippen LogP contribution in [0.1, 0.15) is 29.6 Å². The van der Waals surface area contributed by atoms with Crippen LogP contribution >= 0.6 is 0 Å². The molecule has 26 heavy (non-hydrogen) atoms. The van der Waals surface area contributed by atoms with Gasteiger partial charge in [0, 0.05) is 0 Å². The highest BCUT2D eigenvalue weighted by molar-refractivity contribution is 5.39. The Morgan fingerprint density at radius 3 is 2.42 bits per heavy atom. The average Bonchev–Trinajstić information content (AvgIpc) is 3.10. The van der Waals surface area contributed by atoms with Crippen LogP contribution in [-0.2, 0) is 0 Å². The van der Waals surface area contributed by atoms with Crippen molar-refractivity contribution in [2.24, 2.45) is 0 Å². The lowest BCUT2D eigenvalue weighted by atomic mass is 9.93. The Balaban J connectivity index is 1.62. The minimum Gasteiger partial charge on any atom is -0.435 e. The molecular formula is C18H15F3N4O. The van der Waals surface area contributed by atoms with Crippen molar-refractivity contribution in [2.45, 2.75) is 25.1 Å². The van der Waals surface area contributed by atoms with Gasteiger partial charge in [-0.1, -0.05) is 24.3 Å². The molecule has 0 amide bonds. The molecule has 0 aliphatic carbocycles. The second-order valence-electron chi connectivity index (χ2n) is 5.98. The lowest BCUT2D eigenvalue weighted by Crippen LogP contribution is -2.28. The van der Waals surface area contributed by atoms with Crippen molar-refractivity contribution < 1.29 is 17.9 Å². The first-order chi connectivity index (χ1) is 12.6. The summed E-state index contributed by atoms with van der Waals surface area (Å²) in [7, 11) is 0. The van der Waals surface area contributed by atoms with Gasteiger partial charge >= 0.3 is 6.61 Å². The number of halogens is 3. The summed E-state index contributed by atoms with van der Waals surface area (Å²) < 4.78 is 44.0. The number of anilines is 1. The summed E-state index contributed by atoms with van der Waals surface area (Å²) in [5.41, 5.74) is 1.83. The van der Waals surface area contributed by atoms with Crippen LogP contribution in [0, 0.1) is 5.82 Å². The largest absolute Gasteiger partial charge is 0.435 e. The quantitative estimate of drug-likeness (QED) is 0.759. The number of nitrogens with zero attached hydrogens (tertiary/aromatic N) is 3. The molecule has 8 heteroatoms. The highest BCUT2D eigenvalue weighted by atomic mass is 19.3. The van der Waals surface area contributed by atoms with E-state index in [0.717, 1.165) is 11.1 Å². The maximum Gasteiger partial charge on any atom is 0.387 e. The molecule has 1 aromatic heterocycles. The highest BCUT2D eigenvalue weighted by Crippen LogP contribution is 2.37. The zero-order valence-corrected chi connectivity index (χ0v) is 13.5. The maximum absolute atomic E-state index is 13.2. The van der Waals surface area contributed by atoms with E-state index in [1.54, 1.807) is 28.9 Å². The Kier molecular flexibility index (Phi) is 4.24. The third-order valence-electron chi connectivity index (χ3n) is 4.39. The van der Waals surface area contributed by atoms with Gasteiger partial charge in [0.25, 0.3) is 0 Å². The molecule has 2 heterocycles. The zero-order chi connectivity index (χ0) is 18.1. The number of benzene rings is 2. The van der Waals surface area contributed by atoms with Gasteiger partial charge in [-0.2, -0.15) is 18.9 Å². The number of ether oxygens (including phenoxy) is 1. The Hall–Kier alpha value is -3.03. The number of hydrogen-bond donors (Lipinski definition) is 1. The smallest absolute Gasteiger partial charge is 0.387 e. The lowest BCUT2D eigenvalue weighted by molar-refractivity contribution is -0.0498. The molecule has 0 fully saturated rings. The van der Waals surface area contributed by atoms with E-state index in [1.165, 1.54) is 30.6 Å². The number of hydrogen-bond acceptors (Lipinski definition) is 4. The second kappa shape index (κ2) is 6.70. The number of alkyl halides is 2. The molecule has 3 aromatic rings. The van der Waals surface area contributed by atoms with Crippen LogP contribution in [0.3, 0.4) is 0 Å². The first-order valence-corrected chi connectivity index (χ1v) is 8.06. The van der Waals surface area contributed by atoms with E-state index in [9.17, 15) is 13.2 Å². The van der Waals surface area contributed by atoms with Crippen LogP contribution in [0.25, 0.3) is 0 Å². The van der Waals surface area contributed by atoms with Gasteiger partial charge < -0.3 is 10.1 Å². The second-order valence-corrected chi connectivity index (χ2v) is 5.98. The van der Waals surface area contributed by atoms with Gasteiger partial charge in [0.05, 0.1) is 12.1 Å². The molecule has 0 saturated carbocycles. The van der Waals surface area contributed by atoms with Gasteiger partial charge in [0.1, 0.15) is 17.9 Å². The predicted molar refractivity (Wildman–Crippen MR) is 88.6 cm³/mol. The Bertz CT molecular complexity index is 880. The van der Waals surface area contributed by atoms with Gasteiger partial charge in [0.15, 0.2) is 0 Å². The van der Waals surface area contributed by atoms with Crippen molar-refractivity contribution in [3.63, 3.8) is 0 Å². The molecule has 0 spiro atoms. The fourth-order valence-electron chi connectivity index (χ4n) is 3.18. The zero-order valence-electron chi connectivity index (χ0n) is 13.5. The van der Waals surface area contributed by atoms with E-state index in [1.807, 2.05) is 0 Å². The van der Waals surface area contributed by atoms with Crippen LogP contribution in [0.2, 0.25) is 0 Å². The van der Waals surface area contributed by atoms with Crippen LogP contribution in [-0.4, -0.2) is 21.4 Å². The molecule has 0 saturated heterocycles. The van der Waals surface area contributed by atoms with Gasteiger partial charge in [-0.25, -0.2) is 9.07 Å². The topological polar surface area (TPSA) is 52.0 Å². The van der Waals surface area contributed by atoms with E-state index in [4.69, 9.17) is 0 Å². The molecule has 0 radical (unpaired) electrons. The molecule has 1 aliphatic rings. The predicted octanol–water partition coefficient (Wildman–Crippen LogP) is 4.16. The van der Waals surface area contributed by atoms with Gasteiger partial charge in [-0.3, -0.25) is 0 Å². The van der Waals surface area contributed by atoms with Crippen LogP contribution in [0.5, 0.6) is 5.75 Å². The van der Waals surface area contributed by atoms with Gasteiger partial charge in [0.2, 0.25) is 5.95 Å². The molecule has 0 bridgehead atoms. The number of rotatable bonds is 4. The van der Waals surface area contributed by atoms with E-state index in [2.05, 4.69) is 20.1 Å². The summed E-state index contributed by atoms with van der Waals surface area (Å²) in [5.74, 6) is 0.411. The van der Waals surface area contributed by atoms with Gasteiger partial charge in [-0.05, 0) is 41.8 Å². The lowest BCUT2D eigenvalue weighted by Gasteiger charge is -2.31. The van der Waals surface area contributed by atoms with Crippen molar-refractivity contribution in [3.8, 4) is 5.75 Å². The van der Waals surface area contributed by atoms with Crippen LogP contribution in [0.4, 0.5) is 19.1 Å². The maximum atomic E-state index is 13.2. The van der Waals surface area contributed by atoms with E-state index in [0.29, 0.717) is 12.4 Å². The summed E-state index contributed by atoms with van der Waals surface area (Å²) >= 11 is 0. The molecular weight excluding hydrogens is 345 g/mol. The van der Waals surface area contributed by atoms with Crippen molar-refractivity contribution in [1.29, 1.82) is 0 Å². The average molecular weight is 360 g/mol. The Morgan fingerprint density at radius 1 is 1.04 bits per heavy atom. The fraction of sp³-hybridized carbons (Fsp3) is 0.222. The number of aromatic nitrogens is 3. The first kappa shape index (κ1) is 16.4. The molecule has 2 unspecified atom stereocenters. The van der Waals surface area contributed by atoms with Crippen molar-refractivity contribution in [2.75, 3.05) is 5.32 Å². The van der Waals surface area contributed by atoms with Crippen LogP contribution < -0.4 is 10.1 Å².